The van der Waals surface area contributed by atoms with Crippen molar-refractivity contribution >= 4 is 23.6 Å². The van der Waals surface area contributed by atoms with Gasteiger partial charge in [0.1, 0.15) is 0 Å². The van der Waals surface area contributed by atoms with E-state index in [2.05, 4.69) is 19.1 Å². The molecule has 0 fully saturated rings. The van der Waals surface area contributed by atoms with E-state index < -0.39 is 0 Å². The van der Waals surface area contributed by atoms with Gasteiger partial charge in [0.05, 0.1) is 17.7 Å². The van der Waals surface area contributed by atoms with Gasteiger partial charge in [0.25, 0.3) is 11.8 Å². The van der Waals surface area contributed by atoms with Crippen molar-refractivity contribution in [2.45, 2.75) is 38.5 Å². The fourth-order valence-corrected chi connectivity index (χ4v) is 4.00. The number of unbranched alkanes of at least 4 members (excludes halogenated alkanes) is 2. The number of amides is 2. The molecule has 0 atom stereocenters. The quantitative estimate of drug-likeness (QED) is 0.500. The molecule has 0 N–H and O–H groups in total. The van der Waals surface area contributed by atoms with Crippen LogP contribution >= 0.6 is 11.8 Å². The number of hydrogen-bond donors (Lipinski definition) is 0. The summed E-state index contributed by atoms with van der Waals surface area (Å²) in [5, 5.41) is 0. The molecule has 1 heterocycles. The standard InChI is InChI=1S/C21H23NO2S/c1-2-3-6-12-25-15-17-9-7-8-16(13-17)14-22-20(23)18-10-4-5-11-19(18)21(22)24/h4-5,7-11,13H,2-3,6,12,14-15H2,1H3. The number of carbonyl (C=O) groups is 2. The zero-order chi connectivity index (χ0) is 17.6. The fourth-order valence-electron chi connectivity index (χ4n) is 3.03. The molecule has 0 radical (unpaired) electrons. The van der Waals surface area contributed by atoms with Crippen molar-refractivity contribution in [3.8, 4) is 0 Å². The molecule has 0 bridgehead atoms. The second-order valence-corrected chi connectivity index (χ2v) is 7.43. The molecular weight excluding hydrogens is 330 g/mol. The average Bonchev–Trinajstić information content (AvgIpc) is 2.87. The van der Waals surface area contributed by atoms with Gasteiger partial charge >= 0.3 is 0 Å². The van der Waals surface area contributed by atoms with Crippen LogP contribution in [0.5, 0.6) is 0 Å². The lowest BCUT2D eigenvalue weighted by molar-refractivity contribution is 0.0642. The summed E-state index contributed by atoms with van der Waals surface area (Å²) >= 11 is 1.94. The molecule has 0 unspecified atom stereocenters. The van der Waals surface area contributed by atoms with E-state index in [1.807, 2.05) is 23.9 Å². The predicted octanol–water partition coefficient (Wildman–Crippen LogP) is 4.91. The van der Waals surface area contributed by atoms with Gasteiger partial charge in [0.2, 0.25) is 0 Å². The van der Waals surface area contributed by atoms with Crippen molar-refractivity contribution in [2.75, 3.05) is 5.75 Å². The number of imide groups is 1. The summed E-state index contributed by atoms with van der Waals surface area (Å²) in [5.74, 6) is 1.76. The van der Waals surface area contributed by atoms with E-state index in [0.29, 0.717) is 17.7 Å². The number of benzene rings is 2. The van der Waals surface area contributed by atoms with Crippen LogP contribution in [0.3, 0.4) is 0 Å². The van der Waals surface area contributed by atoms with Crippen LogP contribution in [0.2, 0.25) is 0 Å². The molecule has 2 aromatic rings. The highest BCUT2D eigenvalue weighted by atomic mass is 32.2. The second kappa shape index (κ2) is 8.34. The first-order valence-electron chi connectivity index (χ1n) is 8.81. The smallest absolute Gasteiger partial charge is 0.261 e. The Bertz CT molecular complexity index is 737. The van der Waals surface area contributed by atoms with Gasteiger partial charge in [-0.15, -0.1) is 0 Å². The molecule has 2 amide bonds. The molecule has 3 rings (SSSR count). The predicted molar refractivity (Wildman–Crippen MR) is 103 cm³/mol. The van der Waals surface area contributed by atoms with E-state index in [4.69, 9.17) is 0 Å². The van der Waals surface area contributed by atoms with E-state index in [1.165, 1.54) is 35.5 Å². The van der Waals surface area contributed by atoms with E-state index in [-0.39, 0.29) is 11.8 Å². The Morgan fingerprint density at radius 1 is 0.880 bits per heavy atom. The van der Waals surface area contributed by atoms with Crippen molar-refractivity contribution in [2.24, 2.45) is 0 Å². The Morgan fingerprint density at radius 3 is 2.24 bits per heavy atom. The molecular formula is C21H23NO2S. The van der Waals surface area contributed by atoms with Crippen molar-refractivity contribution in [1.82, 2.24) is 4.90 Å². The topological polar surface area (TPSA) is 37.4 Å². The normalized spacial score (nSPS) is 13.4. The van der Waals surface area contributed by atoms with Crippen LogP contribution in [-0.2, 0) is 12.3 Å². The third kappa shape index (κ3) is 4.13. The van der Waals surface area contributed by atoms with Crippen LogP contribution in [0.15, 0.2) is 48.5 Å². The van der Waals surface area contributed by atoms with Crippen LogP contribution in [0.25, 0.3) is 0 Å². The molecule has 0 aliphatic carbocycles. The van der Waals surface area contributed by atoms with Crippen molar-refractivity contribution in [1.29, 1.82) is 0 Å². The summed E-state index contributed by atoms with van der Waals surface area (Å²) in [6.07, 6.45) is 3.79. The Labute approximate surface area is 153 Å². The Hall–Kier alpha value is -2.07. The number of thioether (sulfide) groups is 1. The first-order valence-corrected chi connectivity index (χ1v) is 9.97. The highest BCUT2D eigenvalue weighted by Gasteiger charge is 2.34. The largest absolute Gasteiger partial charge is 0.270 e. The maximum Gasteiger partial charge on any atom is 0.261 e. The first-order chi connectivity index (χ1) is 12.2. The van der Waals surface area contributed by atoms with Gasteiger partial charge in [-0.3, -0.25) is 14.5 Å². The van der Waals surface area contributed by atoms with Gasteiger partial charge in [0, 0.05) is 5.75 Å². The number of nitrogens with zero attached hydrogens (tertiary/aromatic N) is 1. The third-order valence-electron chi connectivity index (χ3n) is 4.37. The van der Waals surface area contributed by atoms with Crippen LogP contribution < -0.4 is 0 Å². The lowest BCUT2D eigenvalue weighted by Crippen LogP contribution is -2.29. The van der Waals surface area contributed by atoms with Crippen LogP contribution in [0, 0.1) is 0 Å². The molecule has 3 nitrogen and oxygen atoms in total. The molecule has 0 saturated heterocycles. The highest BCUT2D eigenvalue weighted by molar-refractivity contribution is 7.98. The van der Waals surface area contributed by atoms with Gasteiger partial charge in [0.15, 0.2) is 0 Å². The Balaban J connectivity index is 1.63. The Morgan fingerprint density at radius 2 is 1.56 bits per heavy atom. The molecule has 130 valence electrons. The maximum absolute atomic E-state index is 12.5. The van der Waals surface area contributed by atoms with E-state index in [9.17, 15) is 9.59 Å². The highest BCUT2D eigenvalue weighted by Crippen LogP contribution is 2.25. The minimum atomic E-state index is -0.194. The van der Waals surface area contributed by atoms with Gasteiger partial charge < -0.3 is 0 Å². The maximum atomic E-state index is 12.5. The van der Waals surface area contributed by atoms with Crippen molar-refractivity contribution < 1.29 is 9.59 Å². The minimum Gasteiger partial charge on any atom is -0.270 e. The average molecular weight is 353 g/mol. The van der Waals surface area contributed by atoms with E-state index in [1.54, 1.807) is 24.3 Å². The summed E-state index contributed by atoms with van der Waals surface area (Å²) in [7, 11) is 0. The second-order valence-electron chi connectivity index (χ2n) is 6.32. The monoisotopic (exact) mass is 353 g/mol. The molecule has 2 aromatic carbocycles. The van der Waals surface area contributed by atoms with Crippen molar-refractivity contribution in [3.63, 3.8) is 0 Å². The van der Waals surface area contributed by atoms with E-state index >= 15 is 0 Å². The number of fused-ring (bicyclic) bond motifs is 1. The van der Waals surface area contributed by atoms with Crippen LogP contribution in [-0.4, -0.2) is 22.5 Å². The SMILES string of the molecule is CCCCCSCc1cccc(CN2C(=O)c3ccccc3C2=O)c1. The number of hydrogen-bond acceptors (Lipinski definition) is 3. The summed E-state index contributed by atoms with van der Waals surface area (Å²) < 4.78 is 0. The van der Waals surface area contributed by atoms with Gasteiger partial charge in [-0.25, -0.2) is 0 Å². The summed E-state index contributed by atoms with van der Waals surface area (Å²) in [4.78, 5) is 26.3. The molecule has 1 aliphatic heterocycles. The van der Waals surface area contributed by atoms with E-state index in [0.717, 1.165) is 11.3 Å². The summed E-state index contributed by atoms with van der Waals surface area (Å²) in [5.41, 5.74) is 3.27. The lowest BCUT2D eigenvalue weighted by atomic mass is 10.1. The van der Waals surface area contributed by atoms with Gasteiger partial charge in [-0.2, -0.15) is 11.8 Å². The van der Waals surface area contributed by atoms with Gasteiger partial charge in [-0.1, -0.05) is 56.2 Å². The molecule has 0 spiro atoms. The third-order valence-corrected chi connectivity index (χ3v) is 5.49. The van der Waals surface area contributed by atoms with Crippen molar-refractivity contribution in [3.05, 3.63) is 70.8 Å². The summed E-state index contributed by atoms with van der Waals surface area (Å²) in [6.45, 7) is 2.55. The Kier molecular flexibility index (Phi) is 5.92. The van der Waals surface area contributed by atoms with Crippen LogP contribution in [0.4, 0.5) is 0 Å². The molecule has 0 saturated carbocycles. The number of rotatable bonds is 8. The minimum absolute atomic E-state index is 0.194. The fraction of sp³-hybridized carbons (Fsp3) is 0.333. The van der Waals surface area contributed by atoms with Gasteiger partial charge in [-0.05, 0) is 35.4 Å². The number of carbonyl (C=O) groups excluding carboxylic acids is 2. The zero-order valence-corrected chi connectivity index (χ0v) is 15.3. The molecule has 25 heavy (non-hydrogen) atoms. The van der Waals surface area contributed by atoms with Crippen LogP contribution in [0.1, 0.15) is 58.0 Å². The lowest BCUT2D eigenvalue weighted by Gasteiger charge is -2.14. The molecule has 0 aromatic heterocycles. The molecule has 4 heteroatoms. The zero-order valence-electron chi connectivity index (χ0n) is 14.5. The summed E-state index contributed by atoms with van der Waals surface area (Å²) in [6, 6.07) is 15.2. The first kappa shape index (κ1) is 17.7. The molecule has 1 aliphatic rings.